The Morgan fingerprint density at radius 2 is 1.62 bits per heavy atom. The van der Waals surface area contributed by atoms with Crippen molar-refractivity contribution in [2.24, 2.45) is 0 Å². The van der Waals surface area contributed by atoms with E-state index in [1.165, 1.54) is 6.92 Å². The monoisotopic (exact) mass is 192 g/mol. The summed E-state index contributed by atoms with van der Waals surface area (Å²) in [5, 5.41) is 35.8. The van der Waals surface area contributed by atoms with E-state index in [0.717, 1.165) is 0 Å². The summed E-state index contributed by atoms with van der Waals surface area (Å²) in [7, 11) is 0. The molecule has 13 heavy (non-hydrogen) atoms. The number of aliphatic hydroxyl groups is 4. The highest BCUT2D eigenvalue weighted by Gasteiger charge is 2.11. The zero-order chi connectivity index (χ0) is 10.3. The van der Waals surface area contributed by atoms with Gasteiger partial charge < -0.3 is 20.4 Å². The highest BCUT2D eigenvalue weighted by molar-refractivity contribution is 4.63. The Kier molecular flexibility index (Phi) is 7.17. The van der Waals surface area contributed by atoms with E-state index in [4.69, 9.17) is 10.2 Å². The molecule has 0 aromatic heterocycles. The van der Waals surface area contributed by atoms with Crippen LogP contribution in [-0.4, -0.2) is 45.3 Å². The normalized spacial score (nSPS) is 18.2. The van der Waals surface area contributed by atoms with Gasteiger partial charge in [-0.25, -0.2) is 0 Å². The summed E-state index contributed by atoms with van der Waals surface area (Å²) in [6.45, 7) is 1.52. The second-order valence-corrected chi connectivity index (χ2v) is 3.40. The lowest BCUT2D eigenvalue weighted by molar-refractivity contribution is 0.0216. The third-order valence-electron chi connectivity index (χ3n) is 2.06. The van der Waals surface area contributed by atoms with E-state index in [1.54, 1.807) is 0 Å². The fourth-order valence-corrected chi connectivity index (χ4v) is 1.10. The SMILES string of the molecule is CC(O)C(O)CCCC(O)CCO. The van der Waals surface area contributed by atoms with E-state index in [0.29, 0.717) is 25.7 Å². The van der Waals surface area contributed by atoms with E-state index >= 15 is 0 Å². The molecular formula is C9H20O4. The zero-order valence-electron chi connectivity index (χ0n) is 8.06. The Morgan fingerprint density at radius 1 is 1.00 bits per heavy atom. The minimum atomic E-state index is -0.713. The Balaban J connectivity index is 3.33. The predicted octanol–water partition coefficient (Wildman–Crippen LogP) is -0.358. The number of aliphatic hydroxyl groups excluding tert-OH is 4. The van der Waals surface area contributed by atoms with Gasteiger partial charge in [-0.2, -0.15) is 0 Å². The van der Waals surface area contributed by atoms with Crippen molar-refractivity contribution in [1.29, 1.82) is 0 Å². The van der Waals surface area contributed by atoms with Gasteiger partial charge in [0.25, 0.3) is 0 Å². The minimum absolute atomic E-state index is 0.0138. The average molecular weight is 192 g/mol. The van der Waals surface area contributed by atoms with Crippen molar-refractivity contribution in [3.63, 3.8) is 0 Å². The zero-order valence-corrected chi connectivity index (χ0v) is 8.06. The fraction of sp³-hybridized carbons (Fsp3) is 1.00. The lowest BCUT2D eigenvalue weighted by Crippen LogP contribution is -2.22. The molecule has 0 heterocycles. The lowest BCUT2D eigenvalue weighted by atomic mass is 10.0. The Morgan fingerprint density at radius 3 is 2.08 bits per heavy atom. The Labute approximate surface area is 78.8 Å². The van der Waals surface area contributed by atoms with Crippen molar-refractivity contribution in [3.05, 3.63) is 0 Å². The summed E-state index contributed by atoms with van der Waals surface area (Å²) < 4.78 is 0. The van der Waals surface area contributed by atoms with Gasteiger partial charge in [-0.05, 0) is 32.6 Å². The first kappa shape index (κ1) is 12.8. The predicted molar refractivity (Wildman–Crippen MR) is 49.2 cm³/mol. The first-order chi connectivity index (χ1) is 6.07. The van der Waals surface area contributed by atoms with E-state index in [-0.39, 0.29) is 6.61 Å². The molecule has 0 aromatic carbocycles. The van der Waals surface area contributed by atoms with Gasteiger partial charge in [0, 0.05) is 6.61 Å². The molecule has 0 saturated carbocycles. The van der Waals surface area contributed by atoms with E-state index in [1.807, 2.05) is 0 Å². The van der Waals surface area contributed by atoms with Gasteiger partial charge >= 0.3 is 0 Å². The standard InChI is InChI=1S/C9H20O4/c1-7(11)9(13)4-2-3-8(12)5-6-10/h7-13H,2-6H2,1H3. The smallest absolute Gasteiger partial charge is 0.0796 e. The molecule has 4 nitrogen and oxygen atoms in total. The van der Waals surface area contributed by atoms with Crippen molar-refractivity contribution in [2.45, 2.75) is 50.9 Å². The second kappa shape index (κ2) is 7.26. The van der Waals surface area contributed by atoms with Crippen LogP contribution in [0.4, 0.5) is 0 Å². The molecule has 0 radical (unpaired) electrons. The van der Waals surface area contributed by atoms with Crippen molar-refractivity contribution in [1.82, 2.24) is 0 Å². The van der Waals surface area contributed by atoms with Crippen LogP contribution in [0, 0.1) is 0 Å². The van der Waals surface area contributed by atoms with Crippen LogP contribution in [-0.2, 0) is 0 Å². The maximum Gasteiger partial charge on any atom is 0.0796 e. The molecule has 3 atom stereocenters. The summed E-state index contributed by atoms with van der Waals surface area (Å²) in [5.74, 6) is 0. The summed E-state index contributed by atoms with van der Waals surface area (Å²) >= 11 is 0. The molecule has 0 spiro atoms. The molecule has 3 unspecified atom stereocenters. The topological polar surface area (TPSA) is 80.9 Å². The van der Waals surface area contributed by atoms with Crippen molar-refractivity contribution >= 4 is 0 Å². The number of rotatable bonds is 7. The molecule has 80 valence electrons. The highest BCUT2D eigenvalue weighted by Crippen LogP contribution is 2.08. The fourth-order valence-electron chi connectivity index (χ4n) is 1.10. The molecule has 0 bridgehead atoms. The van der Waals surface area contributed by atoms with Crippen molar-refractivity contribution in [2.75, 3.05) is 6.61 Å². The van der Waals surface area contributed by atoms with Crippen LogP contribution in [0.2, 0.25) is 0 Å². The van der Waals surface area contributed by atoms with Gasteiger partial charge in [0.1, 0.15) is 0 Å². The molecule has 0 aliphatic carbocycles. The van der Waals surface area contributed by atoms with Gasteiger partial charge in [-0.15, -0.1) is 0 Å². The van der Waals surface area contributed by atoms with Gasteiger partial charge in [0.05, 0.1) is 18.3 Å². The first-order valence-corrected chi connectivity index (χ1v) is 4.73. The molecule has 0 fully saturated rings. The molecule has 0 aliphatic rings. The van der Waals surface area contributed by atoms with Crippen LogP contribution in [0.5, 0.6) is 0 Å². The van der Waals surface area contributed by atoms with Gasteiger partial charge in [-0.1, -0.05) is 0 Å². The maximum absolute atomic E-state index is 9.20. The Hall–Kier alpha value is -0.160. The summed E-state index contributed by atoms with van der Waals surface area (Å²) in [6.07, 6.45) is 0.171. The summed E-state index contributed by atoms with van der Waals surface area (Å²) in [6, 6.07) is 0. The van der Waals surface area contributed by atoms with Gasteiger partial charge in [0.15, 0.2) is 0 Å². The molecular weight excluding hydrogens is 172 g/mol. The molecule has 0 amide bonds. The van der Waals surface area contributed by atoms with Crippen LogP contribution in [0.1, 0.15) is 32.6 Å². The van der Waals surface area contributed by atoms with Crippen LogP contribution in [0.15, 0.2) is 0 Å². The Bertz CT molecular complexity index is 116. The van der Waals surface area contributed by atoms with Crippen molar-refractivity contribution < 1.29 is 20.4 Å². The van der Waals surface area contributed by atoms with Crippen LogP contribution in [0.25, 0.3) is 0 Å². The largest absolute Gasteiger partial charge is 0.396 e. The third-order valence-corrected chi connectivity index (χ3v) is 2.06. The van der Waals surface area contributed by atoms with Gasteiger partial charge in [-0.3, -0.25) is 0 Å². The van der Waals surface area contributed by atoms with Crippen LogP contribution >= 0.6 is 0 Å². The molecule has 4 N–H and O–H groups in total. The highest BCUT2D eigenvalue weighted by atomic mass is 16.3. The first-order valence-electron chi connectivity index (χ1n) is 4.73. The lowest BCUT2D eigenvalue weighted by Gasteiger charge is -2.14. The van der Waals surface area contributed by atoms with E-state index in [9.17, 15) is 10.2 Å². The summed E-state index contributed by atoms with van der Waals surface area (Å²) in [4.78, 5) is 0. The van der Waals surface area contributed by atoms with Crippen molar-refractivity contribution in [3.8, 4) is 0 Å². The average Bonchev–Trinajstić information content (AvgIpc) is 2.04. The second-order valence-electron chi connectivity index (χ2n) is 3.40. The molecule has 0 aromatic rings. The van der Waals surface area contributed by atoms with Crippen LogP contribution in [0.3, 0.4) is 0 Å². The minimum Gasteiger partial charge on any atom is -0.396 e. The third kappa shape index (κ3) is 6.95. The molecule has 0 saturated heterocycles. The molecule has 0 rings (SSSR count). The number of hydrogen-bond donors (Lipinski definition) is 4. The van der Waals surface area contributed by atoms with E-state index < -0.39 is 18.3 Å². The summed E-state index contributed by atoms with van der Waals surface area (Å²) in [5.41, 5.74) is 0. The molecule has 4 heteroatoms. The quantitative estimate of drug-likeness (QED) is 0.444. The van der Waals surface area contributed by atoms with Gasteiger partial charge in [0.2, 0.25) is 0 Å². The van der Waals surface area contributed by atoms with E-state index in [2.05, 4.69) is 0 Å². The maximum atomic E-state index is 9.20. The van der Waals surface area contributed by atoms with Crippen LogP contribution < -0.4 is 0 Å². The molecule has 0 aliphatic heterocycles. The number of hydrogen-bond acceptors (Lipinski definition) is 4.